The number of carbonyl (C=O) groups is 2. The summed E-state index contributed by atoms with van der Waals surface area (Å²) in [5.74, 6) is -0.133. The average molecular weight is 359 g/mol. The molecule has 1 aliphatic rings. The normalized spacial score (nSPS) is 13.8. The molecule has 2 amide bonds. The molecule has 0 saturated carbocycles. The zero-order valence-corrected chi connectivity index (χ0v) is 13.2. The van der Waals surface area contributed by atoms with E-state index in [0.29, 0.717) is 16.9 Å². The topological polar surface area (TPSA) is 59.0 Å². The predicted molar refractivity (Wildman–Crippen MR) is 85.2 cm³/mol. The molecular weight excluding hydrogens is 348 g/mol. The molecule has 0 N–H and O–H groups in total. The van der Waals surface area contributed by atoms with Crippen LogP contribution >= 0.6 is 15.9 Å². The van der Waals surface area contributed by atoms with Gasteiger partial charge >= 0.3 is 0 Å². The molecule has 0 radical (unpaired) electrons. The van der Waals surface area contributed by atoms with E-state index < -0.39 is 11.8 Å². The van der Waals surface area contributed by atoms with Crippen LogP contribution in [0.4, 0.5) is 0 Å². The maximum absolute atomic E-state index is 12.2. The highest BCUT2D eigenvalue weighted by atomic mass is 79.9. The number of carbonyl (C=O) groups excluding carboxylic acids is 2. The Bertz CT molecular complexity index is 767. The van der Waals surface area contributed by atoms with Crippen LogP contribution in [0.5, 0.6) is 5.75 Å². The Hall–Kier alpha value is -2.47. The highest BCUT2D eigenvalue weighted by Gasteiger charge is 2.35. The highest BCUT2D eigenvalue weighted by Crippen LogP contribution is 2.25. The van der Waals surface area contributed by atoms with Crippen molar-refractivity contribution >= 4 is 34.0 Å². The minimum absolute atomic E-state index is 0.376. The van der Waals surface area contributed by atoms with Crippen molar-refractivity contribution < 1.29 is 14.3 Å². The zero-order valence-electron chi connectivity index (χ0n) is 11.6. The van der Waals surface area contributed by atoms with Gasteiger partial charge in [0.2, 0.25) is 0 Å². The fourth-order valence-electron chi connectivity index (χ4n) is 2.17. The van der Waals surface area contributed by atoms with Crippen molar-refractivity contribution in [1.29, 1.82) is 0 Å². The van der Waals surface area contributed by atoms with Gasteiger partial charge in [-0.1, -0.05) is 12.1 Å². The fraction of sp³-hybridized carbons (Fsp3) is 0.0625. The number of imide groups is 1. The van der Waals surface area contributed by atoms with Crippen molar-refractivity contribution in [3.05, 3.63) is 63.6 Å². The number of halogens is 1. The third kappa shape index (κ3) is 2.42. The van der Waals surface area contributed by atoms with E-state index in [-0.39, 0.29) is 0 Å². The molecule has 0 unspecified atom stereocenters. The van der Waals surface area contributed by atoms with Crippen LogP contribution in [-0.2, 0) is 0 Å². The number of nitrogens with zero attached hydrogens (tertiary/aromatic N) is 2. The smallest absolute Gasteiger partial charge is 0.282 e. The van der Waals surface area contributed by atoms with Crippen molar-refractivity contribution in [2.45, 2.75) is 0 Å². The lowest BCUT2D eigenvalue weighted by Gasteiger charge is -2.06. The summed E-state index contributed by atoms with van der Waals surface area (Å²) in [6.45, 7) is 0. The Balaban J connectivity index is 1.87. The van der Waals surface area contributed by atoms with E-state index >= 15 is 0 Å². The van der Waals surface area contributed by atoms with E-state index in [4.69, 9.17) is 4.74 Å². The molecule has 3 rings (SSSR count). The minimum Gasteiger partial charge on any atom is -0.496 e. The van der Waals surface area contributed by atoms with Crippen LogP contribution in [0.3, 0.4) is 0 Å². The van der Waals surface area contributed by atoms with Gasteiger partial charge in [0.1, 0.15) is 5.75 Å². The van der Waals surface area contributed by atoms with E-state index in [2.05, 4.69) is 21.0 Å². The number of amides is 2. The van der Waals surface area contributed by atoms with Gasteiger partial charge < -0.3 is 4.74 Å². The second-order valence-electron chi connectivity index (χ2n) is 4.61. The molecule has 0 fully saturated rings. The van der Waals surface area contributed by atoms with Gasteiger partial charge in [0.05, 0.1) is 28.9 Å². The first-order valence-corrected chi connectivity index (χ1v) is 7.26. The number of hydrazone groups is 1. The lowest BCUT2D eigenvalue weighted by molar-refractivity contribution is 0.0660. The molecule has 0 saturated heterocycles. The Morgan fingerprint density at radius 3 is 2.27 bits per heavy atom. The molecule has 2 aromatic carbocycles. The standard InChI is InChI=1S/C16H11BrN2O3/c1-22-14-7-6-10(8-13(14)17)9-18-19-15(20)11-4-2-3-5-12(11)16(19)21/h2-9H,1H3/b18-9+. The first kappa shape index (κ1) is 14.5. The maximum Gasteiger partial charge on any atom is 0.282 e. The maximum atomic E-state index is 12.2. The van der Waals surface area contributed by atoms with E-state index in [1.54, 1.807) is 49.6 Å². The van der Waals surface area contributed by atoms with Crippen LogP contribution in [0.15, 0.2) is 52.0 Å². The van der Waals surface area contributed by atoms with Crippen molar-refractivity contribution in [2.24, 2.45) is 5.10 Å². The first-order chi connectivity index (χ1) is 10.6. The van der Waals surface area contributed by atoms with Crippen molar-refractivity contribution in [2.75, 3.05) is 7.11 Å². The van der Waals surface area contributed by atoms with Crippen LogP contribution in [0.1, 0.15) is 26.3 Å². The van der Waals surface area contributed by atoms with Gasteiger partial charge in [-0.2, -0.15) is 10.1 Å². The Morgan fingerprint density at radius 1 is 1.09 bits per heavy atom. The lowest BCUT2D eigenvalue weighted by Crippen LogP contribution is -2.23. The van der Waals surface area contributed by atoms with Gasteiger partial charge in [-0.25, -0.2) is 0 Å². The number of ether oxygens (including phenoxy) is 1. The summed E-state index contributed by atoms with van der Waals surface area (Å²) in [7, 11) is 1.58. The molecule has 110 valence electrons. The van der Waals surface area contributed by atoms with Crippen LogP contribution < -0.4 is 4.74 Å². The van der Waals surface area contributed by atoms with Gasteiger partial charge in [0.25, 0.3) is 11.8 Å². The first-order valence-electron chi connectivity index (χ1n) is 6.47. The summed E-state index contributed by atoms with van der Waals surface area (Å²) >= 11 is 3.37. The summed E-state index contributed by atoms with van der Waals surface area (Å²) in [5, 5.41) is 4.89. The largest absolute Gasteiger partial charge is 0.496 e. The fourth-order valence-corrected chi connectivity index (χ4v) is 2.73. The van der Waals surface area contributed by atoms with E-state index in [1.165, 1.54) is 6.21 Å². The zero-order chi connectivity index (χ0) is 15.7. The minimum atomic E-state index is -0.413. The number of hydrogen-bond acceptors (Lipinski definition) is 4. The lowest BCUT2D eigenvalue weighted by atomic mass is 10.1. The molecule has 5 nitrogen and oxygen atoms in total. The molecule has 0 bridgehead atoms. The van der Waals surface area contributed by atoms with Gasteiger partial charge in [0, 0.05) is 0 Å². The molecule has 0 atom stereocenters. The van der Waals surface area contributed by atoms with Gasteiger partial charge in [-0.15, -0.1) is 0 Å². The molecule has 1 aliphatic heterocycles. The number of benzene rings is 2. The van der Waals surface area contributed by atoms with Crippen LogP contribution in [0.2, 0.25) is 0 Å². The molecule has 6 heteroatoms. The third-order valence-electron chi connectivity index (χ3n) is 3.27. The monoisotopic (exact) mass is 358 g/mol. The second-order valence-corrected chi connectivity index (χ2v) is 5.46. The summed E-state index contributed by atoms with van der Waals surface area (Å²) in [4.78, 5) is 24.3. The summed E-state index contributed by atoms with van der Waals surface area (Å²) < 4.78 is 5.91. The number of methoxy groups -OCH3 is 1. The second kappa shape index (κ2) is 5.73. The number of rotatable bonds is 3. The predicted octanol–water partition coefficient (Wildman–Crippen LogP) is 3.09. The molecule has 0 spiro atoms. The molecular formula is C16H11BrN2O3. The quantitative estimate of drug-likeness (QED) is 0.625. The molecule has 1 heterocycles. The summed E-state index contributed by atoms with van der Waals surface area (Å²) in [6, 6.07) is 12.0. The van der Waals surface area contributed by atoms with Gasteiger partial charge in [-0.3, -0.25) is 9.59 Å². The van der Waals surface area contributed by atoms with Crippen molar-refractivity contribution in [1.82, 2.24) is 5.01 Å². The van der Waals surface area contributed by atoms with Crippen LogP contribution in [0, 0.1) is 0 Å². The number of fused-ring (bicyclic) bond motifs is 1. The summed E-state index contributed by atoms with van der Waals surface area (Å²) in [5.41, 5.74) is 1.49. The van der Waals surface area contributed by atoms with Gasteiger partial charge in [-0.05, 0) is 51.8 Å². The Kier molecular flexibility index (Phi) is 3.77. The van der Waals surface area contributed by atoms with E-state index in [1.807, 2.05) is 0 Å². The molecule has 22 heavy (non-hydrogen) atoms. The number of hydrogen-bond donors (Lipinski definition) is 0. The average Bonchev–Trinajstić information content (AvgIpc) is 2.77. The van der Waals surface area contributed by atoms with E-state index in [0.717, 1.165) is 15.0 Å². The van der Waals surface area contributed by atoms with Crippen LogP contribution in [-0.4, -0.2) is 30.1 Å². The Morgan fingerprint density at radius 2 is 1.73 bits per heavy atom. The molecule has 2 aromatic rings. The van der Waals surface area contributed by atoms with Crippen molar-refractivity contribution in [3.8, 4) is 5.75 Å². The third-order valence-corrected chi connectivity index (χ3v) is 3.89. The molecule has 0 aromatic heterocycles. The summed E-state index contributed by atoms with van der Waals surface area (Å²) in [6.07, 6.45) is 1.46. The Labute approximate surface area is 135 Å². The highest BCUT2D eigenvalue weighted by molar-refractivity contribution is 9.10. The SMILES string of the molecule is COc1ccc(/C=N/N2C(=O)c3ccccc3C2=O)cc1Br. The van der Waals surface area contributed by atoms with Crippen molar-refractivity contribution in [3.63, 3.8) is 0 Å². The van der Waals surface area contributed by atoms with Crippen LogP contribution in [0.25, 0.3) is 0 Å². The van der Waals surface area contributed by atoms with Gasteiger partial charge in [0.15, 0.2) is 0 Å². The molecule has 0 aliphatic carbocycles. The van der Waals surface area contributed by atoms with E-state index in [9.17, 15) is 9.59 Å².